The Balaban J connectivity index is 1.80. The van der Waals surface area contributed by atoms with Crippen LogP contribution in [0, 0.1) is 11.8 Å². The molecule has 0 aromatic carbocycles. The predicted molar refractivity (Wildman–Crippen MR) is 64.2 cm³/mol. The van der Waals surface area contributed by atoms with Gasteiger partial charge in [-0.25, -0.2) is 4.99 Å². The lowest BCUT2D eigenvalue weighted by Crippen LogP contribution is -2.45. The third-order valence-corrected chi connectivity index (χ3v) is 4.00. The third-order valence-electron chi connectivity index (χ3n) is 4.00. The van der Waals surface area contributed by atoms with Crippen LogP contribution in [0.4, 0.5) is 13.2 Å². The zero-order chi connectivity index (χ0) is 13.3. The second-order valence-corrected chi connectivity index (χ2v) is 5.52. The van der Waals surface area contributed by atoms with Crippen molar-refractivity contribution in [3.63, 3.8) is 0 Å². The van der Waals surface area contributed by atoms with E-state index < -0.39 is 12.1 Å². The Hall–Kier alpha value is -0.940. The molecule has 0 aromatic heterocycles. The van der Waals surface area contributed by atoms with Gasteiger partial charge in [-0.1, -0.05) is 6.92 Å². The molecule has 0 bridgehead atoms. The molecule has 2 fully saturated rings. The van der Waals surface area contributed by atoms with E-state index in [-0.39, 0.29) is 18.9 Å². The minimum absolute atomic E-state index is 0.0917. The SMILES string of the molecule is CC1CCN(C(N)=NC2CC(C(F)(F)F)C2)CC1. The van der Waals surface area contributed by atoms with E-state index >= 15 is 0 Å². The Morgan fingerprint density at radius 1 is 1.22 bits per heavy atom. The molecule has 0 unspecified atom stereocenters. The van der Waals surface area contributed by atoms with Gasteiger partial charge < -0.3 is 10.6 Å². The van der Waals surface area contributed by atoms with Crippen LogP contribution in [0.3, 0.4) is 0 Å². The molecule has 2 aliphatic rings. The van der Waals surface area contributed by atoms with Gasteiger partial charge in [0.15, 0.2) is 5.96 Å². The maximum atomic E-state index is 12.3. The standard InChI is InChI=1S/C12H20F3N3/c1-8-2-4-18(5-3-8)11(16)17-10-6-9(7-10)12(13,14)15/h8-10H,2-7H2,1H3,(H2,16,17). The molecule has 0 aromatic rings. The highest BCUT2D eigenvalue weighted by molar-refractivity contribution is 5.78. The first-order valence-corrected chi connectivity index (χ1v) is 6.51. The van der Waals surface area contributed by atoms with Gasteiger partial charge in [-0.15, -0.1) is 0 Å². The van der Waals surface area contributed by atoms with E-state index in [1.807, 2.05) is 4.90 Å². The first kappa shape index (κ1) is 13.5. The lowest BCUT2D eigenvalue weighted by molar-refractivity contribution is -0.196. The number of halogens is 3. The summed E-state index contributed by atoms with van der Waals surface area (Å²) in [6, 6.07) is -0.240. The van der Waals surface area contributed by atoms with Gasteiger partial charge in [-0.2, -0.15) is 13.2 Å². The van der Waals surface area contributed by atoms with Gasteiger partial charge in [0, 0.05) is 13.1 Å². The summed E-state index contributed by atoms with van der Waals surface area (Å²) in [5.74, 6) is -0.0553. The highest BCUT2D eigenvalue weighted by atomic mass is 19.4. The normalized spacial score (nSPS) is 31.3. The highest BCUT2D eigenvalue weighted by Crippen LogP contribution is 2.42. The topological polar surface area (TPSA) is 41.6 Å². The van der Waals surface area contributed by atoms with Crippen LogP contribution in [-0.4, -0.2) is 36.2 Å². The summed E-state index contributed by atoms with van der Waals surface area (Å²) in [6.45, 7) is 3.93. The average molecular weight is 263 g/mol. The van der Waals surface area contributed by atoms with Crippen LogP contribution in [0.15, 0.2) is 4.99 Å². The van der Waals surface area contributed by atoms with E-state index in [4.69, 9.17) is 5.73 Å². The quantitative estimate of drug-likeness (QED) is 0.583. The molecule has 1 saturated carbocycles. The Morgan fingerprint density at radius 3 is 2.28 bits per heavy atom. The third kappa shape index (κ3) is 3.09. The Labute approximate surface area is 105 Å². The van der Waals surface area contributed by atoms with Crippen LogP contribution in [0.1, 0.15) is 32.6 Å². The fourth-order valence-electron chi connectivity index (χ4n) is 2.47. The summed E-state index contributed by atoms with van der Waals surface area (Å²) in [6.07, 6.45) is -1.73. The monoisotopic (exact) mass is 263 g/mol. The molecule has 104 valence electrons. The molecule has 2 N–H and O–H groups in total. The van der Waals surface area contributed by atoms with Crippen molar-refractivity contribution in [3.05, 3.63) is 0 Å². The summed E-state index contributed by atoms with van der Waals surface area (Å²) >= 11 is 0. The smallest absolute Gasteiger partial charge is 0.370 e. The van der Waals surface area contributed by atoms with Crippen molar-refractivity contribution >= 4 is 5.96 Å². The molecule has 0 amide bonds. The van der Waals surface area contributed by atoms with Crippen LogP contribution in [-0.2, 0) is 0 Å². The molecule has 1 aliphatic carbocycles. The Bertz CT molecular complexity index is 313. The number of likely N-dealkylation sites (tertiary alicyclic amines) is 1. The number of guanidine groups is 1. The Morgan fingerprint density at radius 2 is 1.78 bits per heavy atom. The second-order valence-electron chi connectivity index (χ2n) is 5.52. The molecule has 1 heterocycles. The molecule has 6 heteroatoms. The summed E-state index contributed by atoms with van der Waals surface area (Å²) in [5, 5.41) is 0. The molecule has 0 radical (unpaired) electrons. The summed E-state index contributed by atoms with van der Waals surface area (Å²) in [7, 11) is 0. The van der Waals surface area contributed by atoms with Gasteiger partial charge in [0.1, 0.15) is 0 Å². The zero-order valence-corrected chi connectivity index (χ0v) is 10.6. The van der Waals surface area contributed by atoms with Crippen molar-refractivity contribution in [2.45, 2.75) is 44.8 Å². The van der Waals surface area contributed by atoms with E-state index in [1.54, 1.807) is 0 Å². The van der Waals surface area contributed by atoms with Crippen LogP contribution in [0.25, 0.3) is 0 Å². The van der Waals surface area contributed by atoms with Crippen molar-refractivity contribution in [3.8, 4) is 0 Å². The predicted octanol–water partition coefficient (Wildman–Crippen LogP) is 2.37. The van der Waals surface area contributed by atoms with E-state index in [2.05, 4.69) is 11.9 Å². The largest absolute Gasteiger partial charge is 0.391 e. The summed E-state index contributed by atoms with van der Waals surface area (Å²) in [5.41, 5.74) is 5.85. The van der Waals surface area contributed by atoms with Crippen molar-refractivity contribution in [2.24, 2.45) is 22.6 Å². The fraction of sp³-hybridized carbons (Fsp3) is 0.917. The molecule has 1 saturated heterocycles. The number of nitrogens with two attached hydrogens (primary N) is 1. The van der Waals surface area contributed by atoms with E-state index in [0.29, 0.717) is 11.9 Å². The van der Waals surface area contributed by atoms with Gasteiger partial charge in [-0.05, 0) is 31.6 Å². The van der Waals surface area contributed by atoms with Crippen LogP contribution >= 0.6 is 0 Å². The van der Waals surface area contributed by atoms with E-state index in [1.165, 1.54) is 0 Å². The van der Waals surface area contributed by atoms with Gasteiger partial charge >= 0.3 is 6.18 Å². The molecule has 3 nitrogen and oxygen atoms in total. The first-order valence-electron chi connectivity index (χ1n) is 6.51. The maximum absolute atomic E-state index is 12.3. The van der Waals surface area contributed by atoms with Crippen LogP contribution < -0.4 is 5.73 Å². The molecule has 18 heavy (non-hydrogen) atoms. The number of alkyl halides is 3. The minimum atomic E-state index is -4.07. The summed E-state index contributed by atoms with van der Waals surface area (Å²) in [4.78, 5) is 6.20. The van der Waals surface area contributed by atoms with Gasteiger partial charge in [-0.3, -0.25) is 0 Å². The zero-order valence-electron chi connectivity index (χ0n) is 10.6. The van der Waals surface area contributed by atoms with Gasteiger partial charge in [0.05, 0.1) is 12.0 Å². The maximum Gasteiger partial charge on any atom is 0.391 e. The number of hydrogen-bond donors (Lipinski definition) is 1. The molecule has 1 aliphatic heterocycles. The number of nitrogens with zero attached hydrogens (tertiary/aromatic N) is 2. The Kier molecular flexibility index (Phi) is 3.73. The first-order chi connectivity index (χ1) is 8.36. The van der Waals surface area contributed by atoms with Crippen LogP contribution in [0.2, 0.25) is 0 Å². The summed E-state index contributed by atoms with van der Waals surface area (Å²) < 4.78 is 37.0. The molecule has 0 atom stereocenters. The number of aliphatic imine (C=N–C) groups is 1. The highest BCUT2D eigenvalue weighted by Gasteiger charge is 2.48. The lowest BCUT2D eigenvalue weighted by Gasteiger charge is -2.36. The van der Waals surface area contributed by atoms with Crippen molar-refractivity contribution < 1.29 is 13.2 Å². The van der Waals surface area contributed by atoms with Crippen molar-refractivity contribution in [1.29, 1.82) is 0 Å². The molecule has 2 rings (SSSR count). The van der Waals surface area contributed by atoms with E-state index in [9.17, 15) is 13.2 Å². The molecular weight excluding hydrogens is 243 g/mol. The van der Waals surface area contributed by atoms with Crippen molar-refractivity contribution in [1.82, 2.24) is 4.90 Å². The fourth-order valence-corrected chi connectivity index (χ4v) is 2.47. The van der Waals surface area contributed by atoms with Crippen LogP contribution in [0.5, 0.6) is 0 Å². The second kappa shape index (κ2) is 4.97. The average Bonchev–Trinajstić information content (AvgIpc) is 2.21. The van der Waals surface area contributed by atoms with Gasteiger partial charge in [0.2, 0.25) is 0 Å². The van der Waals surface area contributed by atoms with Gasteiger partial charge in [0.25, 0.3) is 0 Å². The van der Waals surface area contributed by atoms with E-state index in [0.717, 1.165) is 25.9 Å². The molecule has 0 spiro atoms. The minimum Gasteiger partial charge on any atom is -0.370 e. The van der Waals surface area contributed by atoms with Crippen molar-refractivity contribution in [2.75, 3.05) is 13.1 Å². The number of rotatable bonds is 1. The number of piperidine rings is 1. The number of hydrogen-bond acceptors (Lipinski definition) is 1. The molecular formula is C12H20F3N3. The lowest BCUT2D eigenvalue weighted by atomic mass is 9.80.